The Balaban J connectivity index is 2.15. The van der Waals surface area contributed by atoms with Crippen molar-refractivity contribution in [3.8, 4) is 0 Å². The van der Waals surface area contributed by atoms with Gasteiger partial charge in [0.05, 0.1) is 13.7 Å². The number of β-amino-alcohol motifs (C(OH)–C–C–N with tert-alkyl or cyclic N) is 1. The summed E-state index contributed by atoms with van der Waals surface area (Å²) in [6.45, 7) is 0.476. The number of ether oxygens (including phenoxy) is 3. The lowest BCUT2D eigenvalue weighted by Crippen LogP contribution is -2.60. The summed E-state index contributed by atoms with van der Waals surface area (Å²) in [5.41, 5.74) is -0.322. The number of aliphatic hydroxyl groups excluding tert-OH is 1. The van der Waals surface area contributed by atoms with Crippen LogP contribution < -0.4 is 0 Å². The normalized spacial score (nSPS) is 16.2. The molecule has 1 amide bonds. The third-order valence-electron chi connectivity index (χ3n) is 4.15. The van der Waals surface area contributed by atoms with E-state index in [1.807, 2.05) is 30.3 Å². The molecule has 24 heavy (non-hydrogen) atoms. The molecule has 0 aromatic heterocycles. The van der Waals surface area contributed by atoms with Crippen LogP contribution in [-0.4, -0.2) is 61.1 Å². The fourth-order valence-electron chi connectivity index (χ4n) is 2.86. The smallest absolute Gasteiger partial charge is 0.411 e. The monoisotopic (exact) mass is 337 g/mol. The van der Waals surface area contributed by atoms with Crippen LogP contribution in [0.4, 0.5) is 4.79 Å². The van der Waals surface area contributed by atoms with Gasteiger partial charge in [-0.3, -0.25) is 4.90 Å². The first kappa shape index (κ1) is 18.2. The van der Waals surface area contributed by atoms with Crippen molar-refractivity contribution < 1.29 is 28.9 Å². The van der Waals surface area contributed by atoms with E-state index >= 15 is 0 Å². The Morgan fingerprint density at radius 2 is 1.92 bits per heavy atom. The number of esters is 1. The Labute approximate surface area is 141 Å². The molecule has 1 saturated heterocycles. The number of benzene rings is 1. The van der Waals surface area contributed by atoms with Crippen molar-refractivity contribution in [1.82, 2.24) is 4.90 Å². The van der Waals surface area contributed by atoms with Crippen LogP contribution in [0.25, 0.3) is 0 Å². The summed E-state index contributed by atoms with van der Waals surface area (Å²) in [4.78, 5) is 26.2. The van der Waals surface area contributed by atoms with E-state index in [4.69, 9.17) is 14.2 Å². The van der Waals surface area contributed by atoms with Crippen molar-refractivity contribution in [3.05, 3.63) is 35.9 Å². The van der Waals surface area contributed by atoms with Crippen LogP contribution in [0.2, 0.25) is 0 Å². The first-order chi connectivity index (χ1) is 11.6. The maximum Gasteiger partial charge on any atom is 0.411 e. The molecule has 1 aromatic rings. The van der Waals surface area contributed by atoms with E-state index in [0.29, 0.717) is 26.1 Å². The molecular formula is C17H23NO6. The van der Waals surface area contributed by atoms with Gasteiger partial charge in [-0.15, -0.1) is 0 Å². The Morgan fingerprint density at radius 3 is 2.50 bits per heavy atom. The maximum absolute atomic E-state index is 12.6. The third kappa shape index (κ3) is 4.04. The minimum absolute atomic E-state index is 0.0112. The summed E-state index contributed by atoms with van der Waals surface area (Å²) >= 11 is 0. The number of hydrogen-bond acceptors (Lipinski definition) is 6. The van der Waals surface area contributed by atoms with E-state index in [0.717, 1.165) is 5.56 Å². The topological polar surface area (TPSA) is 85.3 Å². The van der Waals surface area contributed by atoms with Gasteiger partial charge < -0.3 is 19.3 Å². The summed E-state index contributed by atoms with van der Waals surface area (Å²) in [5.74, 6) is -0.518. The third-order valence-corrected chi connectivity index (χ3v) is 4.15. The van der Waals surface area contributed by atoms with E-state index in [1.165, 1.54) is 12.0 Å². The highest BCUT2D eigenvalue weighted by Crippen LogP contribution is 2.30. The van der Waals surface area contributed by atoms with Gasteiger partial charge >= 0.3 is 12.1 Å². The van der Waals surface area contributed by atoms with Crippen LogP contribution in [0.1, 0.15) is 18.4 Å². The molecule has 1 aromatic carbocycles. The SMILES string of the molecule is COC(=O)C1(N(CCO)C(=O)OCc2ccccc2)CCOCC1. The number of rotatable bonds is 6. The van der Waals surface area contributed by atoms with Crippen LogP contribution in [0.3, 0.4) is 0 Å². The second kappa shape index (κ2) is 8.65. The molecule has 0 atom stereocenters. The standard InChI is InChI=1S/C17H23NO6/c1-22-15(20)17(7-11-23-12-8-17)18(9-10-19)16(21)24-13-14-5-3-2-4-6-14/h2-6,19H,7-13H2,1H3. The van der Waals surface area contributed by atoms with E-state index in [9.17, 15) is 14.7 Å². The fraction of sp³-hybridized carbons (Fsp3) is 0.529. The molecule has 1 fully saturated rings. The number of hydrogen-bond donors (Lipinski definition) is 1. The van der Waals surface area contributed by atoms with E-state index < -0.39 is 17.6 Å². The number of methoxy groups -OCH3 is 1. The average molecular weight is 337 g/mol. The lowest BCUT2D eigenvalue weighted by Gasteiger charge is -2.42. The second-order valence-electron chi connectivity index (χ2n) is 5.55. The Morgan fingerprint density at radius 1 is 1.25 bits per heavy atom. The van der Waals surface area contributed by atoms with Crippen molar-refractivity contribution in [1.29, 1.82) is 0 Å². The molecule has 1 N–H and O–H groups in total. The molecule has 132 valence electrons. The van der Waals surface area contributed by atoms with Gasteiger partial charge in [-0.2, -0.15) is 0 Å². The highest BCUT2D eigenvalue weighted by molar-refractivity contribution is 5.86. The van der Waals surface area contributed by atoms with Gasteiger partial charge in [-0.05, 0) is 5.56 Å². The molecule has 0 aliphatic carbocycles. The van der Waals surface area contributed by atoms with Crippen molar-refractivity contribution in [2.24, 2.45) is 0 Å². The van der Waals surface area contributed by atoms with Gasteiger partial charge in [0.25, 0.3) is 0 Å². The highest BCUT2D eigenvalue weighted by atomic mass is 16.6. The molecule has 0 unspecified atom stereocenters. The minimum Gasteiger partial charge on any atom is -0.467 e. The number of nitrogens with zero attached hydrogens (tertiary/aromatic N) is 1. The minimum atomic E-state index is -1.16. The summed E-state index contributed by atoms with van der Waals surface area (Å²) in [6.07, 6.45) is -0.0413. The number of carbonyl (C=O) groups excluding carboxylic acids is 2. The molecular weight excluding hydrogens is 314 g/mol. The zero-order valence-corrected chi connectivity index (χ0v) is 13.8. The molecule has 2 rings (SSSR count). The maximum atomic E-state index is 12.6. The van der Waals surface area contributed by atoms with E-state index in [2.05, 4.69) is 0 Å². The lowest BCUT2D eigenvalue weighted by atomic mass is 9.88. The van der Waals surface area contributed by atoms with Crippen LogP contribution >= 0.6 is 0 Å². The molecule has 7 heteroatoms. The first-order valence-electron chi connectivity index (χ1n) is 7.89. The molecule has 0 bridgehead atoms. The Bertz CT molecular complexity index is 541. The zero-order chi connectivity index (χ0) is 17.4. The van der Waals surface area contributed by atoms with Gasteiger partial charge in [0.15, 0.2) is 0 Å². The summed E-state index contributed by atoms with van der Waals surface area (Å²) in [5, 5.41) is 9.34. The van der Waals surface area contributed by atoms with Crippen LogP contribution in [0, 0.1) is 0 Å². The predicted octanol–water partition coefficient (Wildman–Crippen LogP) is 1.34. The predicted molar refractivity (Wildman–Crippen MR) is 85.2 cm³/mol. The Kier molecular flexibility index (Phi) is 6.57. The van der Waals surface area contributed by atoms with Gasteiger partial charge in [0.2, 0.25) is 0 Å². The van der Waals surface area contributed by atoms with Gasteiger partial charge in [0, 0.05) is 32.6 Å². The number of aliphatic hydroxyl groups is 1. The summed E-state index contributed by atoms with van der Waals surface area (Å²) in [7, 11) is 1.28. The fourth-order valence-corrected chi connectivity index (χ4v) is 2.86. The van der Waals surface area contributed by atoms with E-state index in [1.54, 1.807) is 0 Å². The molecule has 0 spiro atoms. The molecule has 0 saturated carbocycles. The average Bonchev–Trinajstić information content (AvgIpc) is 2.64. The highest BCUT2D eigenvalue weighted by Gasteiger charge is 2.49. The van der Waals surface area contributed by atoms with Crippen LogP contribution in [0.15, 0.2) is 30.3 Å². The summed E-state index contributed by atoms with van der Waals surface area (Å²) < 4.78 is 15.6. The van der Waals surface area contributed by atoms with Crippen molar-refractivity contribution in [3.63, 3.8) is 0 Å². The zero-order valence-electron chi connectivity index (χ0n) is 13.8. The van der Waals surface area contributed by atoms with Crippen LogP contribution in [-0.2, 0) is 25.6 Å². The second-order valence-corrected chi connectivity index (χ2v) is 5.55. The molecule has 0 radical (unpaired) electrons. The van der Waals surface area contributed by atoms with Crippen molar-refractivity contribution >= 4 is 12.1 Å². The van der Waals surface area contributed by atoms with Gasteiger partial charge in [-0.1, -0.05) is 30.3 Å². The quantitative estimate of drug-likeness (QED) is 0.789. The number of amides is 1. The van der Waals surface area contributed by atoms with Crippen LogP contribution in [0.5, 0.6) is 0 Å². The first-order valence-corrected chi connectivity index (χ1v) is 7.89. The lowest BCUT2D eigenvalue weighted by molar-refractivity contribution is -0.161. The molecule has 1 aliphatic heterocycles. The van der Waals surface area contributed by atoms with E-state index in [-0.39, 0.29) is 19.8 Å². The van der Waals surface area contributed by atoms with Crippen molar-refractivity contribution in [2.45, 2.75) is 25.0 Å². The largest absolute Gasteiger partial charge is 0.467 e. The van der Waals surface area contributed by atoms with Gasteiger partial charge in [-0.25, -0.2) is 9.59 Å². The molecule has 7 nitrogen and oxygen atoms in total. The Hall–Kier alpha value is -2.12. The number of carbonyl (C=O) groups is 2. The van der Waals surface area contributed by atoms with Gasteiger partial charge in [0.1, 0.15) is 12.1 Å². The van der Waals surface area contributed by atoms with Crippen molar-refractivity contribution in [2.75, 3.05) is 33.5 Å². The summed E-state index contributed by atoms with van der Waals surface area (Å²) in [6, 6.07) is 9.26. The molecule has 1 aliphatic rings. The molecule has 1 heterocycles.